The highest BCUT2D eigenvalue weighted by Crippen LogP contribution is 2.39. The van der Waals surface area contributed by atoms with Crippen molar-refractivity contribution in [2.45, 2.75) is 18.8 Å². The lowest BCUT2D eigenvalue weighted by Gasteiger charge is -2.04. The average Bonchev–Trinajstić information content (AvgIpc) is 2.90. The number of fused-ring (bicyclic) bond motifs is 1. The highest BCUT2D eigenvalue weighted by Gasteiger charge is 2.26. The standard InChI is InChI=1S/C12H10Cl2N2S/c13-9-2-1-6-3-7(4-8(6)11(9)14)10-5-15-12(17)16-10/h1-2,5,7H,3-4H2,(H2,15,16,17). The molecule has 0 bridgehead atoms. The van der Waals surface area contributed by atoms with E-state index in [-0.39, 0.29) is 0 Å². The molecule has 1 aliphatic rings. The quantitative estimate of drug-likeness (QED) is 0.754. The van der Waals surface area contributed by atoms with Crippen molar-refractivity contribution in [3.63, 3.8) is 0 Å². The molecule has 2 aromatic rings. The molecule has 0 saturated carbocycles. The van der Waals surface area contributed by atoms with E-state index in [1.807, 2.05) is 12.3 Å². The van der Waals surface area contributed by atoms with Gasteiger partial charge in [0, 0.05) is 17.8 Å². The van der Waals surface area contributed by atoms with Crippen LogP contribution in [0.15, 0.2) is 18.3 Å². The Balaban J connectivity index is 1.98. The van der Waals surface area contributed by atoms with Crippen molar-refractivity contribution in [1.82, 2.24) is 9.97 Å². The number of H-pyrrole nitrogens is 2. The molecule has 1 heterocycles. The maximum absolute atomic E-state index is 6.23. The molecule has 5 heteroatoms. The van der Waals surface area contributed by atoms with Crippen molar-refractivity contribution >= 4 is 35.4 Å². The fraction of sp³-hybridized carbons (Fsp3) is 0.250. The monoisotopic (exact) mass is 284 g/mol. The van der Waals surface area contributed by atoms with Gasteiger partial charge < -0.3 is 9.97 Å². The number of aromatic amines is 2. The molecule has 0 amide bonds. The molecule has 1 aliphatic carbocycles. The van der Waals surface area contributed by atoms with E-state index in [2.05, 4.69) is 16.0 Å². The second kappa shape index (κ2) is 4.16. The SMILES string of the molecule is S=c1[nH]cc(C2Cc3ccc(Cl)c(Cl)c3C2)[nH]1. The Labute approximate surface area is 114 Å². The van der Waals surface area contributed by atoms with Crippen molar-refractivity contribution in [3.05, 3.63) is 50.0 Å². The summed E-state index contributed by atoms with van der Waals surface area (Å²) < 4.78 is 0.667. The van der Waals surface area contributed by atoms with Gasteiger partial charge in [-0.25, -0.2) is 0 Å². The molecule has 0 fully saturated rings. The van der Waals surface area contributed by atoms with Crippen LogP contribution in [-0.2, 0) is 12.8 Å². The van der Waals surface area contributed by atoms with Crippen LogP contribution in [0.5, 0.6) is 0 Å². The first kappa shape index (κ1) is 11.3. The number of hydrogen-bond acceptors (Lipinski definition) is 1. The van der Waals surface area contributed by atoms with Gasteiger partial charge in [0.15, 0.2) is 4.77 Å². The third-order valence-corrected chi connectivity index (χ3v) is 4.33. The average molecular weight is 285 g/mol. The van der Waals surface area contributed by atoms with Crippen molar-refractivity contribution in [3.8, 4) is 0 Å². The van der Waals surface area contributed by atoms with E-state index in [1.165, 1.54) is 11.1 Å². The summed E-state index contributed by atoms with van der Waals surface area (Å²) in [5, 5.41) is 1.33. The molecule has 1 aromatic carbocycles. The van der Waals surface area contributed by atoms with Crippen LogP contribution in [0.3, 0.4) is 0 Å². The number of benzene rings is 1. The minimum Gasteiger partial charge on any atom is -0.337 e. The lowest BCUT2D eigenvalue weighted by atomic mass is 10.0. The second-order valence-corrected chi connectivity index (χ2v) is 5.50. The minimum absolute atomic E-state index is 0.411. The number of rotatable bonds is 1. The Morgan fingerprint density at radius 3 is 2.76 bits per heavy atom. The summed E-state index contributed by atoms with van der Waals surface area (Å²) in [7, 11) is 0. The minimum atomic E-state index is 0.411. The van der Waals surface area contributed by atoms with Gasteiger partial charge in [0.1, 0.15) is 0 Å². The molecule has 1 atom stereocenters. The van der Waals surface area contributed by atoms with Gasteiger partial charge in [0.25, 0.3) is 0 Å². The third-order valence-electron chi connectivity index (χ3n) is 3.27. The molecule has 0 saturated heterocycles. The Morgan fingerprint density at radius 1 is 1.24 bits per heavy atom. The van der Waals surface area contributed by atoms with E-state index in [9.17, 15) is 0 Å². The first-order valence-electron chi connectivity index (χ1n) is 5.38. The van der Waals surface area contributed by atoms with Crippen LogP contribution < -0.4 is 0 Å². The van der Waals surface area contributed by atoms with Crippen LogP contribution >= 0.6 is 35.4 Å². The molecule has 1 aromatic heterocycles. The van der Waals surface area contributed by atoms with Crippen molar-refractivity contribution in [2.24, 2.45) is 0 Å². The Morgan fingerprint density at radius 2 is 2.06 bits per heavy atom. The van der Waals surface area contributed by atoms with E-state index in [0.29, 0.717) is 20.7 Å². The maximum Gasteiger partial charge on any atom is 0.174 e. The zero-order valence-electron chi connectivity index (χ0n) is 8.89. The van der Waals surface area contributed by atoms with Crippen LogP contribution in [0.25, 0.3) is 0 Å². The number of nitrogens with one attached hydrogen (secondary N) is 2. The zero-order chi connectivity index (χ0) is 12.0. The molecule has 0 aliphatic heterocycles. The highest BCUT2D eigenvalue weighted by atomic mass is 35.5. The highest BCUT2D eigenvalue weighted by molar-refractivity contribution is 7.71. The largest absolute Gasteiger partial charge is 0.337 e. The van der Waals surface area contributed by atoms with E-state index >= 15 is 0 Å². The summed E-state index contributed by atoms with van der Waals surface area (Å²) in [6, 6.07) is 3.93. The number of aromatic nitrogens is 2. The summed E-state index contributed by atoms with van der Waals surface area (Å²) in [6.45, 7) is 0. The lowest BCUT2D eigenvalue weighted by Crippen LogP contribution is -1.97. The van der Waals surface area contributed by atoms with Crippen LogP contribution in [0.1, 0.15) is 22.7 Å². The molecular weight excluding hydrogens is 275 g/mol. The molecule has 17 heavy (non-hydrogen) atoms. The van der Waals surface area contributed by atoms with Crippen molar-refractivity contribution in [1.29, 1.82) is 0 Å². The number of imidazole rings is 1. The first-order valence-corrected chi connectivity index (χ1v) is 6.55. The number of halogens is 2. The second-order valence-electron chi connectivity index (χ2n) is 4.30. The van der Waals surface area contributed by atoms with Gasteiger partial charge in [0.2, 0.25) is 0 Å². The zero-order valence-corrected chi connectivity index (χ0v) is 11.2. The summed E-state index contributed by atoms with van der Waals surface area (Å²) in [5.74, 6) is 0.411. The van der Waals surface area contributed by atoms with E-state index in [0.717, 1.165) is 18.5 Å². The Hall–Kier alpha value is -0.770. The molecule has 88 valence electrons. The smallest absolute Gasteiger partial charge is 0.174 e. The van der Waals surface area contributed by atoms with Crippen LogP contribution in [-0.4, -0.2) is 9.97 Å². The predicted octanol–water partition coefficient (Wildman–Crippen LogP) is 4.26. The van der Waals surface area contributed by atoms with Gasteiger partial charge in [-0.2, -0.15) is 0 Å². The van der Waals surface area contributed by atoms with Gasteiger partial charge in [-0.3, -0.25) is 0 Å². The van der Waals surface area contributed by atoms with Gasteiger partial charge in [0.05, 0.1) is 10.0 Å². The summed E-state index contributed by atoms with van der Waals surface area (Å²) >= 11 is 17.3. The summed E-state index contributed by atoms with van der Waals surface area (Å²) in [6.07, 6.45) is 3.83. The normalized spacial score (nSPS) is 18.4. The topological polar surface area (TPSA) is 31.6 Å². The number of hydrogen-bond donors (Lipinski definition) is 2. The first-order chi connectivity index (χ1) is 8.15. The molecule has 1 unspecified atom stereocenters. The lowest BCUT2D eigenvalue weighted by molar-refractivity contribution is 0.719. The van der Waals surface area contributed by atoms with E-state index in [1.54, 1.807) is 0 Å². The Bertz CT molecular complexity index is 630. The molecule has 2 N–H and O–H groups in total. The van der Waals surface area contributed by atoms with Gasteiger partial charge in [-0.15, -0.1) is 0 Å². The van der Waals surface area contributed by atoms with E-state index in [4.69, 9.17) is 35.4 Å². The summed E-state index contributed by atoms with van der Waals surface area (Å²) in [4.78, 5) is 6.17. The molecular formula is C12H10Cl2N2S. The molecule has 2 nitrogen and oxygen atoms in total. The fourth-order valence-electron chi connectivity index (χ4n) is 2.41. The maximum atomic E-state index is 6.23. The Kier molecular flexibility index (Phi) is 2.77. The van der Waals surface area contributed by atoms with Crippen LogP contribution in [0, 0.1) is 4.77 Å². The molecule has 3 rings (SSSR count). The van der Waals surface area contributed by atoms with Crippen LogP contribution in [0.2, 0.25) is 10.0 Å². The van der Waals surface area contributed by atoms with E-state index < -0.39 is 0 Å². The predicted molar refractivity (Wildman–Crippen MR) is 72.6 cm³/mol. The van der Waals surface area contributed by atoms with Gasteiger partial charge >= 0.3 is 0 Å². The van der Waals surface area contributed by atoms with Crippen molar-refractivity contribution < 1.29 is 0 Å². The van der Waals surface area contributed by atoms with Gasteiger partial charge in [-0.05, 0) is 42.3 Å². The van der Waals surface area contributed by atoms with Gasteiger partial charge in [-0.1, -0.05) is 29.3 Å². The summed E-state index contributed by atoms with van der Waals surface area (Å²) in [5.41, 5.74) is 3.59. The van der Waals surface area contributed by atoms with Crippen molar-refractivity contribution in [2.75, 3.05) is 0 Å². The fourth-order valence-corrected chi connectivity index (χ4v) is 3.03. The molecule has 0 radical (unpaired) electrons. The molecule has 0 spiro atoms. The van der Waals surface area contributed by atoms with Crippen LogP contribution in [0.4, 0.5) is 0 Å². The third kappa shape index (κ3) is 1.92.